The molecule has 0 saturated carbocycles. The Hall–Kier alpha value is -10.2. The van der Waals surface area contributed by atoms with Crippen molar-refractivity contribution in [3.05, 3.63) is 198 Å². The zero-order valence-electron chi connectivity index (χ0n) is 55.1. The van der Waals surface area contributed by atoms with Crippen LogP contribution in [0.4, 0.5) is 34.1 Å². The number of hydrogen-bond donors (Lipinski definition) is 9. The number of carbonyl (C=O) groups excluding carboxylic acids is 6. The molecule has 9 aromatic rings. The van der Waals surface area contributed by atoms with Crippen LogP contribution in [0, 0.1) is 0 Å². The summed E-state index contributed by atoms with van der Waals surface area (Å²) in [5.74, 6) is -0.600. The van der Waals surface area contributed by atoms with Crippen molar-refractivity contribution in [2.45, 2.75) is 161 Å². The Bertz CT molecular complexity index is 3970. The van der Waals surface area contributed by atoms with Crippen LogP contribution in [0.15, 0.2) is 164 Å². The molecule has 18 heteroatoms. The van der Waals surface area contributed by atoms with E-state index in [1.54, 1.807) is 18.6 Å². The summed E-state index contributed by atoms with van der Waals surface area (Å²) in [6.45, 7) is 20.4. The van der Waals surface area contributed by atoms with Gasteiger partial charge in [-0.15, -0.1) is 0 Å². The maximum absolute atomic E-state index is 13.1. The van der Waals surface area contributed by atoms with Crippen molar-refractivity contribution in [1.29, 1.82) is 0 Å². The van der Waals surface area contributed by atoms with Crippen molar-refractivity contribution in [2.24, 2.45) is 0 Å². The number of fused-ring (bicyclic) bond motifs is 3. The van der Waals surface area contributed by atoms with E-state index < -0.39 is 0 Å². The van der Waals surface area contributed by atoms with E-state index in [9.17, 15) is 28.8 Å². The summed E-state index contributed by atoms with van der Waals surface area (Å²) in [5.41, 5.74) is 10.6. The first-order valence-corrected chi connectivity index (χ1v) is 32.3. The molecule has 6 aromatic carbocycles. The second-order valence-corrected chi connectivity index (χ2v) is 24.0. The van der Waals surface area contributed by atoms with Crippen molar-refractivity contribution in [2.75, 3.05) is 42.1 Å². The summed E-state index contributed by atoms with van der Waals surface area (Å²) < 4.78 is 0. The van der Waals surface area contributed by atoms with Crippen LogP contribution in [0.5, 0.6) is 0 Å². The molecule has 0 saturated heterocycles. The number of anilines is 6. The first-order valence-electron chi connectivity index (χ1n) is 32.3. The fourth-order valence-electron chi connectivity index (χ4n) is 9.93. The largest absolute Gasteiger partial charge is 0.356 e. The van der Waals surface area contributed by atoms with E-state index in [-0.39, 0.29) is 96.0 Å². The minimum absolute atomic E-state index is 0. The van der Waals surface area contributed by atoms with Crippen LogP contribution in [0.25, 0.3) is 32.7 Å². The first-order chi connectivity index (χ1) is 44.9. The molecule has 9 N–H and O–H groups in total. The molecule has 0 atom stereocenters. The molecule has 518 valence electrons. The molecular weight excluding hydrogens is 1210 g/mol. The molecule has 3 aromatic heterocycles. The third-order valence-corrected chi connectivity index (χ3v) is 14.6. The Kier molecular flexibility index (Phi) is 34.1. The van der Waals surface area contributed by atoms with E-state index >= 15 is 0 Å². The fraction of sp³-hybridized carbons (Fsp3) is 0.354. The average molecular weight is 1320 g/mol. The molecular formula is C79H106N12O6. The number of pyridine rings is 3. The van der Waals surface area contributed by atoms with Crippen molar-refractivity contribution < 1.29 is 28.8 Å². The molecule has 97 heavy (non-hydrogen) atoms. The molecule has 0 fully saturated rings. The summed E-state index contributed by atoms with van der Waals surface area (Å²) in [4.78, 5) is 88.9. The van der Waals surface area contributed by atoms with Crippen molar-refractivity contribution in [3.63, 3.8) is 0 Å². The number of amides is 6. The van der Waals surface area contributed by atoms with Gasteiger partial charge in [-0.05, 0) is 150 Å². The lowest BCUT2D eigenvalue weighted by atomic mass is 10.0. The van der Waals surface area contributed by atoms with Gasteiger partial charge in [-0.2, -0.15) is 0 Å². The SMILES string of the molecule is C.C.C.C.CCCCNC(=O)Cc1ccc2ncc(C(=O)NC(C)(C)C)c(Nc3ccccc3)c2c1.CCCCNC(=O)Cc1ccc2ncc(C(=O)NC(C)C)c(Nc3ccccc3)c2c1.CCCCNC(=O)Cc1ccc2ncc(C(=O)NCC)c(Nc3ccccc3)c2c1. The molecule has 0 aliphatic carbocycles. The summed E-state index contributed by atoms with van der Waals surface area (Å²) >= 11 is 0. The average Bonchev–Trinajstić information content (AvgIpc) is 0.801. The van der Waals surface area contributed by atoms with Gasteiger partial charge in [-0.25, -0.2) is 0 Å². The van der Waals surface area contributed by atoms with Crippen LogP contribution >= 0.6 is 0 Å². The number of unbranched alkanes of at least 4 members (excludes halogenated alkanes) is 3. The zero-order chi connectivity index (χ0) is 66.7. The number of benzene rings is 6. The Morgan fingerprint density at radius 1 is 0.402 bits per heavy atom. The van der Waals surface area contributed by atoms with Gasteiger partial charge in [0.25, 0.3) is 17.7 Å². The van der Waals surface area contributed by atoms with E-state index in [0.717, 1.165) is 105 Å². The van der Waals surface area contributed by atoms with Crippen molar-refractivity contribution in [3.8, 4) is 0 Å². The zero-order valence-corrected chi connectivity index (χ0v) is 55.1. The molecule has 0 unspecified atom stereocenters. The molecule has 0 aliphatic rings. The number of aromatic nitrogens is 3. The molecule has 0 spiro atoms. The first kappa shape index (κ1) is 81.0. The van der Waals surface area contributed by atoms with Crippen LogP contribution in [-0.2, 0) is 33.6 Å². The summed E-state index contributed by atoms with van der Waals surface area (Å²) in [5, 5.41) is 30.2. The van der Waals surface area contributed by atoms with Gasteiger partial charge in [-0.3, -0.25) is 43.7 Å². The lowest BCUT2D eigenvalue weighted by Crippen LogP contribution is -2.40. The molecule has 0 bridgehead atoms. The van der Waals surface area contributed by atoms with Crippen LogP contribution in [0.2, 0.25) is 0 Å². The highest BCUT2D eigenvalue weighted by molar-refractivity contribution is 6.10. The van der Waals surface area contributed by atoms with Gasteiger partial charge < -0.3 is 47.9 Å². The molecule has 9 rings (SSSR count). The topological polar surface area (TPSA) is 249 Å². The van der Waals surface area contributed by atoms with E-state index in [1.165, 1.54) is 0 Å². The minimum Gasteiger partial charge on any atom is -0.356 e. The number of para-hydroxylation sites is 3. The number of rotatable bonds is 26. The Morgan fingerprint density at radius 3 is 1.00 bits per heavy atom. The maximum atomic E-state index is 13.1. The molecule has 18 nitrogen and oxygen atoms in total. The number of nitrogens with zero attached hydrogens (tertiary/aromatic N) is 3. The summed E-state index contributed by atoms with van der Waals surface area (Å²) in [6, 6.07) is 46.4. The normalized spacial score (nSPS) is 10.5. The van der Waals surface area contributed by atoms with Crippen LogP contribution in [-0.4, -0.2) is 88.2 Å². The Labute approximate surface area is 576 Å². The Balaban J connectivity index is 0.000000371. The van der Waals surface area contributed by atoms with E-state index in [0.29, 0.717) is 59.9 Å². The van der Waals surface area contributed by atoms with E-state index in [4.69, 9.17) is 0 Å². The highest BCUT2D eigenvalue weighted by Crippen LogP contribution is 2.34. The van der Waals surface area contributed by atoms with Crippen molar-refractivity contribution in [1.82, 2.24) is 46.9 Å². The molecule has 0 radical (unpaired) electrons. The number of nitrogens with one attached hydrogen (secondary N) is 9. The van der Waals surface area contributed by atoms with E-state index in [2.05, 4.69) is 83.6 Å². The quantitative estimate of drug-likeness (QED) is 0.0230. The summed E-state index contributed by atoms with van der Waals surface area (Å²) in [6.07, 6.45) is 11.7. The fourth-order valence-corrected chi connectivity index (χ4v) is 9.93. The third kappa shape index (κ3) is 25.1. The van der Waals surface area contributed by atoms with Gasteiger partial charge in [0.05, 0.1) is 69.6 Å². The minimum atomic E-state index is -0.380. The predicted octanol–water partition coefficient (Wildman–Crippen LogP) is 16.3. The van der Waals surface area contributed by atoms with Gasteiger partial charge in [0, 0.05) is 89.6 Å². The van der Waals surface area contributed by atoms with Gasteiger partial charge in [0.2, 0.25) is 17.7 Å². The molecule has 6 amide bonds. The second-order valence-electron chi connectivity index (χ2n) is 24.0. The lowest BCUT2D eigenvalue weighted by molar-refractivity contribution is -0.121. The van der Waals surface area contributed by atoms with E-state index in [1.807, 2.05) is 187 Å². The molecule has 0 aliphatic heterocycles. The van der Waals surface area contributed by atoms with Gasteiger partial charge in [0.15, 0.2) is 0 Å². The van der Waals surface area contributed by atoms with Crippen LogP contribution in [0.1, 0.15) is 178 Å². The molecule has 3 heterocycles. The second kappa shape index (κ2) is 40.9. The monoisotopic (exact) mass is 1320 g/mol. The van der Waals surface area contributed by atoms with Gasteiger partial charge >= 0.3 is 0 Å². The van der Waals surface area contributed by atoms with Gasteiger partial charge in [0.1, 0.15) is 0 Å². The standard InChI is InChI=1S/C26H32N4O2.C25H30N4O2.C24H28N4O2.4CH4/c1-5-6-14-27-23(31)16-18-12-13-22-20(15-18)24(29-19-10-8-7-9-11-19)21(17-28-22)25(32)30-26(2,3)4;1-4-5-13-26-23(30)15-18-11-12-22-20(14-18)24(29-19-9-7-6-8-10-19)21(16-27-22)25(31)28-17(2)3;1-3-5-13-26-22(29)15-17-11-12-21-19(14-17)23(28-18-9-7-6-8-10-18)20(16-27-21)24(30)25-4-2;;;;/h7-13,15,17H,5-6,14,16H2,1-4H3,(H,27,31)(H,28,29)(H,30,32);6-12,14,16-17H,4-5,13,15H2,1-3H3,(H,26,30)(H,27,29)(H,28,31);6-12,14,16H,3-5,13,15H2,1-2H3,(H,25,30)(H,26,29)(H,27,28);4*1H4. The van der Waals surface area contributed by atoms with Crippen LogP contribution < -0.4 is 47.9 Å². The highest BCUT2D eigenvalue weighted by atomic mass is 16.2. The third-order valence-electron chi connectivity index (χ3n) is 14.6. The van der Waals surface area contributed by atoms with Crippen molar-refractivity contribution >= 4 is 102 Å². The highest BCUT2D eigenvalue weighted by Gasteiger charge is 2.23. The Morgan fingerprint density at radius 2 is 0.711 bits per heavy atom. The lowest BCUT2D eigenvalue weighted by Gasteiger charge is -2.22. The van der Waals surface area contributed by atoms with Crippen LogP contribution in [0.3, 0.4) is 0 Å². The predicted molar refractivity (Wildman–Crippen MR) is 404 cm³/mol. The number of hydrogen-bond acceptors (Lipinski definition) is 12. The number of carbonyl (C=O) groups is 6. The van der Waals surface area contributed by atoms with Gasteiger partial charge in [-0.1, -0.05) is 143 Å². The smallest absolute Gasteiger partial charge is 0.255 e. The summed E-state index contributed by atoms with van der Waals surface area (Å²) in [7, 11) is 0. The maximum Gasteiger partial charge on any atom is 0.255 e.